The second-order valence-electron chi connectivity index (χ2n) is 3.08. The smallest absolute Gasteiger partial charge is 0.00772 e. The first kappa shape index (κ1) is 12.8. The van der Waals surface area contributed by atoms with Gasteiger partial charge in [0.2, 0.25) is 0 Å². The molecule has 80 valence electrons. The van der Waals surface area contributed by atoms with Crippen LogP contribution in [0.2, 0.25) is 0 Å². The molecule has 0 radical (unpaired) electrons. The minimum Gasteiger partial charge on any atom is -0.330 e. The maximum Gasteiger partial charge on any atom is 0.00772 e. The Bertz CT molecular complexity index is 94.5. The lowest BCUT2D eigenvalue weighted by atomic mass is 10.1. The average Bonchev–Trinajstić information content (AvgIpc) is 2.17. The molecule has 0 heterocycles. The lowest BCUT2D eigenvalue weighted by molar-refractivity contribution is 0.488. The van der Waals surface area contributed by atoms with E-state index in [-0.39, 0.29) is 0 Å². The van der Waals surface area contributed by atoms with E-state index in [0.29, 0.717) is 25.6 Å². The predicted molar refractivity (Wildman–Crippen MR) is 56.4 cm³/mol. The summed E-state index contributed by atoms with van der Waals surface area (Å²) in [5.41, 5.74) is 16.3. The Morgan fingerprint density at radius 3 is 2.00 bits per heavy atom. The van der Waals surface area contributed by atoms with Gasteiger partial charge in [-0.15, -0.1) is 0 Å². The van der Waals surface area contributed by atoms with Gasteiger partial charge in [0, 0.05) is 32.7 Å². The van der Waals surface area contributed by atoms with Crippen LogP contribution in [-0.2, 0) is 0 Å². The zero-order valence-corrected chi connectivity index (χ0v) is 8.26. The fraction of sp³-hybridized carbons (Fsp3) is 1.00. The fourth-order valence-corrected chi connectivity index (χ4v) is 0.973. The van der Waals surface area contributed by atoms with Gasteiger partial charge in [0.05, 0.1) is 0 Å². The number of nitrogens with two attached hydrogens (primary N) is 3. The van der Waals surface area contributed by atoms with Crippen molar-refractivity contribution in [2.75, 3.05) is 45.8 Å². The van der Waals surface area contributed by atoms with Gasteiger partial charge in [-0.3, -0.25) is 0 Å². The Balaban J connectivity index is 3.05. The molecule has 8 N–H and O–H groups in total. The lowest BCUT2D eigenvalue weighted by Gasteiger charge is -2.12. The first-order valence-corrected chi connectivity index (χ1v) is 4.86. The third kappa shape index (κ3) is 8.14. The van der Waals surface area contributed by atoms with E-state index >= 15 is 0 Å². The van der Waals surface area contributed by atoms with Crippen molar-refractivity contribution in [3.05, 3.63) is 0 Å². The molecule has 0 aromatic heterocycles. The highest BCUT2D eigenvalue weighted by molar-refractivity contribution is 4.64. The monoisotopic (exact) mass is 189 g/mol. The summed E-state index contributed by atoms with van der Waals surface area (Å²) in [6, 6.07) is 0. The Morgan fingerprint density at radius 1 is 0.846 bits per heavy atom. The van der Waals surface area contributed by atoms with Crippen LogP contribution in [0.15, 0.2) is 0 Å². The molecule has 0 aliphatic heterocycles. The van der Waals surface area contributed by atoms with Gasteiger partial charge in [0.25, 0.3) is 0 Å². The van der Waals surface area contributed by atoms with Crippen LogP contribution in [0.25, 0.3) is 0 Å². The molecule has 0 fully saturated rings. The highest BCUT2D eigenvalue weighted by Gasteiger charge is 2.01. The van der Waals surface area contributed by atoms with Crippen LogP contribution in [-0.4, -0.2) is 45.8 Å². The standard InChI is InChI=1S/C8H23N5/c9-1-2-12-3-4-13-7-8(5-10)6-11/h8,12-13H,1-7,9-11H2. The lowest BCUT2D eigenvalue weighted by Crippen LogP contribution is -2.37. The summed E-state index contributed by atoms with van der Waals surface area (Å²) >= 11 is 0. The van der Waals surface area contributed by atoms with Gasteiger partial charge >= 0.3 is 0 Å². The molecule has 13 heavy (non-hydrogen) atoms. The first-order valence-electron chi connectivity index (χ1n) is 4.86. The van der Waals surface area contributed by atoms with Crippen LogP contribution >= 0.6 is 0 Å². The number of nitrogens with one attached hydrogen (secondary N) is 2. The van der Waals surface area contributed by atoms with E-state index in [1.165, 1.54) is 0 Å². The van der Waals surface area contributed by atoms with Crippen molar-refractivity contribution < 1.29 is 0 Å². The Kier molecular flexibility index (Phi) is 9.73. The van der Waals surface area contributed by atoms with Gasteiger partial charge in [0.1, 0.15) is 0 Å². The van der Waals surface area contributed by atoms with Crippen LogP contribution < -0.4 is 27.8 Å². The third-order valence-corrected chi connectivity index (χ3v) is 1.90. The quantitative estimate of drug-likeness (QED) is 0.262. The van der Waals surface area contributed by atoms with Gasteiger partial charge in [-0.25, -0.2) is 0 Å². The second kappa shape index (κ2) is 9.88. The Hall–Kier alpha value is -0.200. The molecular formula is C8H23N5. The van der Waals surface area contributed by atoms with Crippen molar-refractivity contribution in [2.24, 2.45) is 23.1 Å². The molecule has 0 atom stereocenters. The number of hydrogen-bond acceptors (Lipinski definition) is 5. The summed E-state index contributed by atoms with van der Waals surface area (Å²) in [4.78, 5) is 0. The van der Waals surface area contributed by atoms with Gasteiger partial charge in [-0.05, 0) is 19.0 Å². The van der Waals surface area contributed by atoms with E-state index in [9.17, 15) is 0 Å². The highest BCUT2D eigenvalue weighted by atomic mass is 14.9. The average molecular weight is 189 g/mol. The number of hydrogen-bond donors (Lipinski definition) is 5. The predicted octanol–water partition coefficient (Wildman–Crippen LogP) is -2.34. The summed E-state index contributed by atoms with van der Waals surface area (Å²) in [6.45, 7) is 5.65. The van der Waals surface area contributed by atoms with Crippen molar-refractivity contribution in [1.29, 1.82) is 0 Å². The minimum absolute atomic E-state index is 0.398. The summed E-state index contributed by atoms with van der Waals surface area (Å²) in [6.07, 6.45) is 0. The molecule has 5 nitrogen and oxygen atoms in total. The van der Waals surface area contributed by atoms with E-state index in [1.54, 1.807) is 0 Å². The van der Waals surface area contributed by atoms with Crippen molar-refractivity contribution in [1.82, 2.24) is 10.6 Å². The molecule has 0 bridgehead atoms. The highest BCUT2D eigenvalue weighted by Crippen LogP contribution is 1.85. The SMILES string of the molecule is NCCNCCNCC(CN)CN. The van der Waals surface area contributed by atoms with Crippen molar-refractivity contribution in [3.8, 4) is 0 Å². The maximum absolute atomic E-state index is 5.49. The molecule has 5 heteroatoms. The van der Waals surface area contributed by atoms with Crippen molar-refractivity contribution >= 4 is 0 Å². The van der Waals surface area contributed by atoms with Crippen LogP contribution in [0.4, 0.5) is 0 Å². The molecule has 0 saturated carbocycles. The largest absolute Gasteiger partial charge is 0.330 e. The Morgan fingerprint density at radius 2 is 1.46 bits per heavy atom. The van der Waals surface area contributed by atoms with E-state index < -0.39 is 0 Å². The van der Waals surface area contributed by atoms with Crippen molar-refractivity contribution in [3.63, 3.8) is 0 Å². The zero-order chi connectivity index (χ0) is 9.94. The van der Waals surface area contributed by atoms with Gasteiger partial charge < -0.3 is 27.8 Å². The molecule has 0 saturated heterocycles. The minimum atomic E-state index is 0.398. The summed E-state index contributed by atoms with van der Waals surface area (Å²) in [5.74, 6) is 0.398. The molecular weight excluding hydrogens is 166 g/mol. The summed E-state index contributed by atoms with van der Waals surface area (Å²) < 4.78 is 0. The number of rotatable bonds is 9. The molecule has 0 aliphatic carbocycles. The summed E-state index contributed by atoms with van der Waals surface area (Å²) in [7, 11) is 0. The molecule has 0 aromatic rings. The van der Waals surface area contributed by atoms with Crippen LogP contribution in [0.1, 0.15) is 0 Å². The zero-order valence-electron chi connectivity index (χ0n) is 8.26. The third-order valence-electron chi connectivity index (χ3n) is 1.90. The molecule has 0 aromatic carbocycles. The maximum atomic E-state index is 5.49. The van der Waals surface area contributed by atoms with E-state index in [2.05, 4.69) is 10.6 Å². The van der Waals surface area contributed by atoms with Crippen LogP contribution in [0.5, 0.6) is 0 Å². The van der Waals surface area contributed by atoms with Crippen LogP contribution in [0.3, 0.4) is 0 Å². The first-order chi connectivity index (χ1) is 6.35. The van der Waals surface area contributed by atoms with Crippen molar-refractivity contribution in [2.45, 2.75) is 0 Å². The molecule has 0 rings (SSSR count). The molecule has 0 spiro atoms. The summed E-state index contributed by atoms with van der Waals surface area (Å²) in [5, 5.41) is 6.48. The van der Waals surface area contributed by atoms with E-state index in [4.69, 9.17) is 17.2 Å². The normalized spacial score (nSPS) is 11.1. The Labute approximate surface area is 80.4 Å². The van der Waals surface area contributed by atoms with E-state index in [0.717, 1.165) is 26.2 Å². The van der Waals surface area contributed by atoms with E-state index in [1.807, 2.05) is 0 Å². The molecule has 0 amide bonds. The van der Waals surface area contributed by atoms with Gasteiger partial charge in [-0.2, -0.15) is 0 Å². The molecule has 0 aliphatic rings. The van der Waals surface area contributed by atoms with Crippen LogP contribution in [0, 0.1) is 5.92 Å². The topological polar surface area (TPSA) is 102 Å². The molecule has 0 unspecified atom stereocenters. The fourth-order valence-electron chi connectivity index (χ4n) is 0.973. The second-order valence-corrected chi connectivity index (χ2v) is 3.08. The van der Waals surface area contributed by atoms with Gasteiger partial charge in [0.15, 0.2) is 0 Å². The van der Waals surface area contributed by atoms with Gasteiger partial charge in [-0.1, -0.05) is 0 Å².